The van der Waals surface area contributed by atoms with Gasteiger partial charge in [-0.25, -0.2) is 0 Å². The van der Waals surface area contributed by atoms with Crippen molar-refractivity contribution in [2.75, 3.05) is 101 Å². The van der Waals surface area contributed by atoms with E-state index in [9.17, 15) is 0 Å². The molecule has 0 spiro atoms. The van der Waals surface area contributed by atoms with Gasteiger partial charge < -0.3 is 13.4 Å². The third kappa shape index (κ3) is 14.8. The maximum absolute atomic E-state index is 2.77. The first-order valence-electron chi connectivity index (χ1n) is 12.2. The molecule has 170 valence electrons. The monoisotopic (exact) mass is 401 g/mol. The Balaban J connectivity index is 4.76. The zero-order chi connectivity index (χ0) is 21.7. The van der Waals surface area contributed by atoms with Crippen molar-refractivity contribution < 1.29 is 13.4 Å². The fourth-order valence-corrected chi connectivity index (χ4v) is 3.67. The van der Waals surface area contributed by atoms with Gasteiger partial charge in [0.2, 0.25) is 0 Å². The molecule has 0 bridgehead atoms. The summed E-state index contributed by atoms with van der Waals surface area (Å²) in [5.74, 6) is 0. The van der Waals surface area contributed by atoms with Crippen molar-refractivity contribution in [2.45, 2.75) is 59.3 Å². The Morgan fingerprint density at radius 3 is 0.893 bits per heavy atom. The molecule has 0 amide bonds. The number of rotatable bonds is 18. The minimum absolute atomic E-state index is 1.16. The van der Waals surface area contributed by atoms with Crippen molar-refractivity contribution in [1.29, 1.82) is 0 Å². The topological polar surface area (TPSA) is 3.24 Å². The standard InChI is InChI=1S/C24H57N4/c1-10-13-19-26(4,5)22-16-25(17-23-27(6,7)20-14-11-2)18-24-28(8,9)21-15-12-3/h10-24H2,1-9H3/q+3. The van der Waals surface area contributed by atoms with Crippen LogP contribution in [0.4, 0.5) is 0 Å². The number of nitrogens with zero attached hydrogens (tertiary/aromatic N) is 4. The lowest BCUT2D eigenvalue weighted by Crippen LogP contribution is -2.52. The van der Waals surface area contributed by atoms with Crippen molar-refractivity contribution in [3.8, 4) is 0 Å². The van der Waals surface area contributed by atoms with Gasteiger partial charge in [0.15, 0.2) is 0 Å². The Morgan fingerprint density at radius 2 is 0.679 bits per heavy atom. The second kappa shape index (κ2) is 14.0. The number of unbranched alkanes of at least 4 members (excludes halogenated alkanes) is 3. The van der Waals surface area contributed by atoms with Crippen LogP contribution in [0.3, 0.4) is 0 Å². The van der Waals surface area contributed by atoms with Crippen LogP contribution < -0.4 is 0 Å². The van der Waals surface area contributed by atoms with E-state index in [0.717, 1.165) is 13.4 Å². The van der Waals surface area contributed by atoms with Gasteiger partial charge in [0.25, 0.3) is 0 Å². The zero-order valence-electron chi connectivity index (χ0n) is 21.4. The number of likely N-dealkylation sites (N-methyl/N-ethyl adjacent to an activating group) is 3. The summed E-state index contributed by atoms with van der Waals surface area (Å²) in [5, 5.41) is 0. The zero-order valence-corrected chi connectivity index (χ0v) is 21.4. The van der Waals surface area contributed by atoms with Gasteiger partial charge in [-0.05, 0) is 19.3 Å². The van der Waals surface area contributed by atoms with Crippen LogP contribution in [0, 0.1) is 0 Å². The van der Waals surface area contributed by atoms with Gasteiger partial charge in [-0.2, -0.15) is 0 Å². The van der Waals surface area contributed by atoms with Crippen LogP contribution in [-0.2, 0) is 0 Å². The molecule has 0 aliphatic carbocycles. The van der Waals surface area contributed by atoms with Gasteiger partial charge in [-0.1, -0.05) is 40.0 Å². The first kappa shape index (κ1) is 27.8. The van der Waals surface area contributed by atoms with Gasteiger partial charge >= 0.3 is 0 Å². The first-order valence-corrected chi connectivity index (χ1v) is 12.2. The Labute approximate surface area is 179 Å². The molecule has 0 rings (SSSR count). The Morgan fingerprint density at radius 1 is 0.429 bits per heavy atom. The van der Waals surface area contributed by atoms with Crippen LogP contribution in [0.1, 0.15) is 59.3 Å². The highest BCUT2D eigenvalue weighted by Crippen LogP contribution is 2.07. The molecule has 0 radical (unpaired) electrons. The summed E-state index contributed by atoms with van der Waals surface area (Å²) in [7, 11) is 14.5. The maximum atomic E-state index is 2.77. The van der Waals surface area contributed by atoms with Crippen molar-refractivity contribution in [1.82, 2.24) is 4.90 Å². The highest BCUT2D eigenvalue weighted by Gasteiger charge is 2.22. The quantitative estimate of drug-likeness (QED) is 0.315. The largest absolute Gasteiger partial charge is 0.327 e. The molecule has 0 saturated carbocycles. The lowest BCUT2D eigenvalue weighted by Gasteiger charge is -2.37. The highest BCUT2D eigenvalue weighted by atomic mass is 15.4. The van der Waals surface area contributed by atoms with E-state index in [2.05, 4.69) is 68.0 Å². The summed E-state index contributed by atoms with van der Waals surface area (Å²) in [6.07, 6.45) is 7.94. The summed E-state index contributed by atoms with van der Waals surface area (Å²) >= 11 is 0. The van der Waals surface area contributed by atoms with E-state index < -0.39 is 0 Å². The SMILES string of the molecule is CCCC[N+](C)(C)CCN(CC[N+](C)(C)CCCC)CC[N+](C)(C)CCCC. The summed E-state index contributed by atoms with van der Waals surface area (Å²) in [6, 6.07) is 0. The summed E-state index contributed by atoms with van der Waals surface area (Å²) in [5.41, 5.74) is 0. The van der Waals surface area contributed by atoms with Crippen LogP contribution in [0.2, 0.25) is 0 Å². The Bertz CT molecular complexity index is 320. The number of hydrogen-bond acceptors (Lipinski definition) is 1. The van der Waals surface area contributed by atoms with Crippen LogP contribution in [-0.4, -0.2) is 120 Å². The Kier molecular flexibility index (Phi) is 13.9. The molecule has 28 heavy (non-hydrogen) atoms. The van der Waals surface area contributed by atoms with Crippen LogP contribution in [0.15, 0.2) is 0 Å². The lowest BCUT2D eigenvalue weighted by atomic mass is 10.2. The molecular formula is C24H57N4+3. The predicted octanol–water partition coefficient (Wildman–Crippen LogP) is 3.92. The average Bonchev–Trinajstić information content (AvgIpc) is 2.62. The molecular weight excluding hydrogens is 344 g/mol. The number of hydrogen-bond donors (Lipinski definition) is 0. The number of quaternary nitrogens is 3. The van der Waals surface area contributed by atoms with Gasteiger partial charge in [0.1, 0.15) is 0 Å². The minimum atomic E-state index is 1.16. The molecule has 4 heteroatoms. The molecule has 0 aromatic heterocycles. The summed E-state index contributed by atoms with van der Waals surface area (Å²) in [4.78, 5) is 2.77. The van der Waals surface area contributed by atoms with Crippen molar-refractivity contribution in [2.24, 2.45) is 0 Å². The third-order valence-electron chi connectivity index (χ3n) is 6.42. The van der Waals surface area contributed by atoms with E-state index in [0.29, 0.717) is 0 Å². The fourth-order valence-electron chi connectivity index (χ4n) is 3.67. The van der Waals surface area contributed by atoms with Gasteiger partial charge in [0, 0.05) is 19.6 Å². The smallest absolute Gasteiger partial charge is 0.0911 e. The van der Waals surface area contributed by atoms with E-state index in [1.54, 1.807) is 0 Å². The summed E-state index contributed by atoms with van der Waals surface area (Å²) in [6.45, 7) is 18.3. The normalized spacial score (nSPS) is 13.5. The average molecular weight is 402 g/mol. The first-order chi connectivity index (χ1) is 13.0. The molecule has 0 saturated heterocycles. The molecule has 0 aliphatic rings. The van der Waals surface area contributed by atoms with E-state index in [-0.39, 0.29) is 0 Å². The molecule has 4 nitrogen and oxygen atoms in total. The fraction of sp³-hybridized carbons (Fsp3) is 1.00. The van der Waals surface area contributed by atoms with Crippen molar-refractivity contribution in [3.05, 3.63) is 0 Å². The second-order valence-corrected chi connectivity index (χ2v) is 11.1. The van der Waals surface area contributed by atoms with Crippen LogP contribution in [0.25, 0.3) is 0 Å². The van der Waals surface area contributed by atoms with E-state index in [4.69, 9.17) is 0 Å². The lowest BCUT2D eigenvalue weighted by molar-refractivity contribution is -0.895. The molecule has 0 N–H and O–H groups in total. The molecule has 0 unspecified atom stereocenters. The van der Waals surface area contributed by atoms with Gasteiger partial charge in [-0.3, -0.25) is 4.90 Å². The minimum Gasteiger partial charge on any atom is -0.327 e. The van der Waals surface area contributed by atoms with Gasteiger partial charge in [0.05, 0.1) is 81.6 Å². The van der Waals surface area contributed by atoms with Crippen LogP contribution >= 0.6 is 0 Å². The van der Waals surface area contributed by atoms with Crippen molar-refractivity contribution >= 4 is 0 Å². The molecule has 0 fully saturated rings. The van der Waals surface area contributed by atoms with E-state index in [1.165, 1.54) is 97.4 Å². The maximum Gasteiger partial charge on any atom is 0.0911 e. The molecule has 0 heterocycles. The van der Waals surface area contributed by atoms with Crippen molar-refractivity contribution in [3.63, 3.8) is 0 Å². The predicted molar refractivity (Wildman–Crippen MR) is 127 cm³/mol. The van der Waals surface area contributed by atoms with Crippen LogP contribution in [0.5, 0.6) is 0 Å². The highest BCUT2D eigenvalue weighted by molar-refractivity contribution is 4.58. The second-order valence-electron chi connectivity index (χ2n) is 11.1. The molecule has 0 aliphatic heterocycles. The Hall–Kier alpha value is -0.160. The van der Waals surface area contributed by atoms with E-state index in [1.807, 2.05) is 0 Å². The third-order valence-corrected chi connectivity index (χ3v) is 6.42. The molecule has 0 aromatic carbocycles. The van der Waals surface area contributed by atoms with Gasteiger partial charge in [-0.15, -0.1) is 0 Å². The molecule has 0 aromatic rings. The van der Waals surface area contributed by atoms with E-state index >= 15 is 0 Å². The summed E-state index contributed by atoms with van der Waals surface area (Å²) < 4.78 is 3.48. The molecule has 0 atom stereocenters.